The van der Waals surface area contributed by atoms with Crippen LogP contribution in [0.4, 0.5) is 10.5 Å². The van der Waals surface area contributed by atoms with E-state index < -0.39 is 5.97 Å². The highest BCUT2D eigenvalue weighted by Crippen LogP contribution is 2.42. The van der Waals surface area contributed by atoms with Crippen molar-refractivity contribution < 1.29 is 14.7 Å². The van der Waals surface area contributed by atoms with Gasteiger partial charge < -0.3 is 15.7 Å². The number of carboxylic acid groups (broad SMARTS) is 1. The van der Waals surface area contributed by atoms with E-state index in [2.05, 4.69) is 17.6 Å². The second kappa shape index (κ2) is 5.94. The summed E-state index contributed by atoms with van der Waals surface area (Å²) in [4.78, 5) is 22.5. The van der Waals surface area contributed by atoms with Gasteiger partial charge >= 0.3 is 12.0 Å². The summed E-state index contributed by atoms with van der Waals surface area (Å²) in [7, 11) is 0. The molecule has 2 amide bonds. The summed E-state index contributed by atoms with van der Waals surface area (Å²) in [6.45, 7) is 2.85. The molecular formula is C15H20N2O3. The second-order valence-corrected chi connectivity index (χ2v) is 5.40. The van der Waals surface area contributed by atoms with Crippen LogP contribution in [0.25, 0.3) is 0 Å². The molecule has 0 bridgehead atoms. The maximum Gasteiger partial charge on any atom is 0.335 e. The topological polar surface area (TPSA) is 78.4 Å². The molecule has 0 aromatic heterocycles. The van der Waals surface area contributed by atoms with E-state index in [9.17, 15) is 9.59 Å². The lowest BCUT2D eigenvalue weighted by atomic mass is 9.67. The van der Waals surface area contributed by atoms with Crippen molar-refractivity contribution in [2.75, 3.05) is 11.9 Å². The van der Waals surface area contributed by atoms with Crippen molar-refractivity contribution >= 4 is 17.7 Å². The van der Waals surface area contributed by atoms with Gasteiger partial charge in [-0.2, -0.15) is 0 Å². The minimum Gasteiger partial charge on any atom is -0.478 e. The molecule has 0 aliphatic heterocycles. The normalized spacial score (nSPS) is 16.1. The molecule has 1 fully saturated rings. The Kier molecular flexibility index (Phi) is 4.27. The predicted octanol–water partition coefficient (Wildman–Crippen LogP) is 3.09. The molecule has 1 saturated carbocycles. The smallest absolute Gasteiger partial charge is 0.335 e. The fourth-order valence-electron chi connectivity index (χ4n) is 2.47. The Morgan fingerprint density at radius 2 is 1.90 bits per heavy atom. The fraction of sp³-hybridized carbons (Fsp3) is 0.467. The number of amides is 2. The molecular weight excluding hydrogens is 256 g/mol. The van der Waals surface area contributed by atoms with Gasteiger partial charge in [-0.05, 0) is 48.9 Å². The number of hydrogen-bond acceptors (Lipinski definition) is 2. The highest BCUT2D eigenvalue weighted by molar-refractivity contribution is 5.91. The van der Waals surface area contributed by atoms with Gasteiger partial charge in [-0.15, -0.1) is 0 Å². The Hall–Kier alpha value is -2.04. The second-order valence-electron chi connectivity index (χ2n) is 5.40. The number of aromatic carboxylic acids is 1. The molecule has 1 aliphatic carbocycles. The van der Waals surface area contributed by atoms with E-state index in [1.54, 1.807) is 12.1 Å². The molecule has 1 aromatic rings. The first kappa shape index (κ1) is 14.4. The summed E-state index contributed by atoms with van der Waals surface area (Å²) >= 11 is 0. The third-order valence-electron chi connectivity index (χ3n) is 4.18. The van der Waals surface area contributed by atoms with E-state index in [0.717, 1.165) is 6.42 Å². The zero-order chi connectivity index (χ0) is 14.6. The average Bonchev–Trinajstić information content (AvgIpc) is 2.38. The van der Waals surface area contributed by atoms with Gasteiger partial charge in [0, 0.05) is 12.2 Å². The summed E-state index contributed by atoms with van der Waals surface area (Å²) < 4.78 is 0. The molecule has 5 heteroatoms. The molecule has 0 saturated heterocycles. The number of carboxylic acids is 1. The lowest BCUT2D eigenvalue weighted by molar-refractivity contribution is 0.0697. The quantitative estimate of drug-likeness (QED) is 0.773. The van der Waals surface area contributed by atoms with Gasteiger partial charge in [0.2, 0.25) is 0 Å². The SMILES string of the molecule is CCC1(CNC(=O)Nc2ccc(C(=O)O)cc2)CCC1. The molecule has 0 atom stereocenters. The first-order chi connectivity index (χ1) is 9.54. The van der Waals surface area contributed by atoms with Crippen molar-refractivity contribution in [1.29, 1.82) is 0 Å². The van der Waals surface area contributed by atoms with Gasteiger partial charge in [0.15, 0.2) is 0 Å². The van der Waals surface area contributed by atoms with Crippen LogP contribution in [-0.2, 0) is 0 Å². The van der Waals surface area contributed by atoms with E-state index in [1.807, 2.05) is 0 Å². The molecule has 1 aliphatic rings. The summed E-state index contributed by atoms with van der Waals surface area (Å²) in [5, 5.41) is 14.4. The zero-order valence-electron chi connectivity index (χ0n) is 11.6. The highest BCUT2D eigenvalue weighted by Gasteiger charge is 2.35. The number of nitrogens with one attached hydrogen (secondary N) is 2. The summed E-state index contributed by atoms with van der Waals surface area (Å²) in [6, 6.07) is 5.87. The van der Waals surface area contributed by atoms with Crippen LogP contribution in [0.15, 0.2) is 24.3 Å². The van der Waals surface area contributed by atoms with E-state index in [0.29, 0.717) is 12.2 Å². The summed E-state index contributed by atoms with van der Waals surface area (Å²) in [5.41, 5.74) is 1.08. The largest absolute Gasteiger partial charge is 0.478 e. The number of carbonyl (C=O) groups is 2. The minimum absolute atomic E-state index is 0.204. The van der Waals surface area contributed by atoms with Crippen LogP contribution >= 0.6 is 0 Å². The van der Waals surface area contributed by atoms with Crippen molar-refractivity contribution in [2.24, 2.45) is 5.41 Å². The zero-order valence-corrected chi connectivity index (χ0v) is 11.6. The summed E-state index contributed by atoms with van der Waals surface area (Å²) in [5.74, 6) is -0.976. The monoisotopic (exact) mass is 276 g/mol. The van der Waals surface area contributed by atoms with Crippen molar-refractivity contribution in [1.82, 2.24) is 5.32 Å². The Morgan fingerprint density at radius 3 is 2.35 bits per heavy atom. The maximum absolute atomic E-state index is 11.8. The van der Waals surface area contributed by atoms with Crippen molar-refractivity contribution in [2.45, 2.75) is 32.6 Å². The van der Waals surface area contributed by atoms with E-state index >= 15 is 0 Å². The molecule has 0 spiro atoms. The van der Waals surface area contributed by atoms with Gasteiger partial charge in [0.05, 0.1) is 5.56 Å². The maximum atomic E-state index is 11.8. The van der Waals surface area contributed by atoms with Crippen molar-refractivity contribution in [3.63, 3.8) is 0 Å². The van der Waals surface area contributed by atoms with E-state index in [4.69, 9.17) is 5.11 Å². The first-order valence-electron chi connectivity index (χ1n) is 6.93. The number of carbonyl (C=O) groups excluding carboxylic acids is 1. The molecule has 0 unspecified atom stereocenters. The Balaban J connectivity index is 1.83. The third-order valence-corrected chi connectivity index (χ3v) is 4.18. The van der Waals surface area contributed by atoms with Crippen LogP contribution in [0.3, 0.4) is 0 Å². The number of urea groups is 1. The molecule has 108 valence electrons. The van der Waals surface area contributed by atoms with Crippen LogP contribution in [-0.4, -0.2) is 23.7 Å². The van der Waals surface area contributed by atoms with Gasteiger partial charge in [-0.25, -0.2) is 9.59 Å². The predicted molar refractivity (Wildman–Crippen MR) is 77.0 cm³/mol. The number of anilines is 1. The van der Waals surface area contributed by atoms with Gasteiger partial charge in [0.1, 0.15) is 0 Å². The van der Waals surface area contributed by atoms with Gasteiger partial charge in [-0.1, -0.05) is 13.3 Å². The molecule has 5 nitrogen and oxygen atoms in total. The lowest BCUT2D eigenvalue weighted by Crippen LogP contribution is -2.43. The van der Waals surface area contributed by atoms with Crippen LogP contribution in [0, 0.1) is 5.41 Å². The van der Waals surface area contributed by atoms with Crippen molar-refractivity contribution in [3.05, 3.63) is 29.8 Å². The van der Waals surface area contributed by atoms with Crippen LogP contribution < -0.4 is 10.6 Å². The fourth-order valence-corrected chi connectivity index (χ4v) is 2.47. The Morgan fingerprint density at radius 1 is 1.25 bits per heavy atom. The van der Waals surface area contributed by atoms with Crippen LogP contribution in [0.1, 0.15) is 43.0 Å². The van der Waals surface area contributed by atoms with Gasteiger partial charge in [-0.3, -0.25) is 0 Å². The van der Waals surface area contributed by atoms with E-state index in [-0.39, 0.29) is 17.0 Å². The minimum atomic E-state index is -0.976. The standard InChI is InChI=1S/C15H20N2O3/c1-2-15(8-3-9-15)10-16-14(20)17-12-6-4-11(5-7-12)13(18)19/h4-7H,2-3,8-10H2,1H3,(H,18,19)(H2,16,17,20). The molecule has 3 N–H and O–H groups in total. The number of rotatable bonds is 5. The highest BCUT2D eigenvalue weighted by atomic mass is 16.4. The number of hydrogen-bond donors (Lipinski definition) is 3. The number of benzene rings is 1. The van der Waals surface area contributed by atoms with Gasteiger partial charge in [0.25, 0.3) is 0 Å². The first-order valence-corrected chi connectivity index (χ1v) is 6.93. The third kappa shape index (κ3) is 3.29. The van der Waals surface area contributed by atoms with Crippen LogP contribution in [0.2, 0.25) is 0 Å². The Labute approximate surface area is 118 Å². The molecule has 1 aromatic carbocycles. The molecule has 0 heterocycles. The van der Waals surface area contributed by atoms with Crippen molar-refractivity contribution in [3.8, 4) is 0 Å². The molecule has 20 heavy (non-hydrogen) atoms. The van der Waals surface area contributed by atoms with E-state index in [1.165, 1.54) is 31.4 Å². The van der Waals surface area contributed by atoms with Crippen LogP contribution in [0.5, 0.6) is 0 Å². The molecule has 2 rings (SSSR count). The lowest BCUT2D eigenvalue weighted by Gasteiger charge is -2.41. The average molecular weight is 276 g/mol. The summed E-state index contributed by atoms with van der Waals surface area (Å²) in [6.07, 6.45) is 4.68. The molecule has 0 radical (unpaired) electrons. The Bertz CT molecular complexity index is 487.